The van der Waals surface area contributed by atoms with Gasteiger partial charge in [-0.25, -0.2) is 9.98 Å². The normalized spacial score (nSPS) is 20.3. The van der Waals surface area contributed by atoms with Crippen LogP contribution in [-0.2, 0) is 12.0 Å². The smallest absolute Gasteiger partial charge is 0.191 e. The fourth-order valence-corrected chi connectivity index (χ4v) is 3.28. The molecule has 0 aromatic carbocycles. The van der Waals surface area contributed by atoms with Crippen LogP contribution in [0.5, 0.6) is 0 Å². The minimum atomic E-state index is 0. The molecule has 1 aliphatic heterocycles. The Morgan fingerprint density at radius 3 is 2.81 bits per heavy atom. The van der Waals surface area contributed by atoms with Crippen LogP contribution in [0.25, 0.3) is 0 Å². The molecule has 0 radical (unpaired) electrons. The minimum absolute atomic E-state index is 0. The predicted octanol–water partition coefficient (Wildman–Crippen LogP) is 3.61. The third kappa shape index (κ3) is 5.39. The number of rotatable bonds is 2. The van der Waals surface area contributed by atoms with Gasteiger partial charge in [-0.05, 0) is 18.8 Å². The van der Waals surface area contributed by atoms with Gasteiger partial charge in [0.25, 0.3) is 0 Å². The standard InChI is InChI=1S/C15H26N4S.HI/c1-11-6-5-7-19(9-11)14(16)17-8-12-10-20-13(18-12)15(2,3)4;/h10-11H,5-9H2,1-4H3,(H2,16,17);1H. The molecule has 0 bridgehead atoms. The number of piperidine rings is 1. The number of aliphatic imine (C=N–C) groups is 1. The minimum Gasteiger partial charge on any atom is -0.370 e. The summed E-state index contributed by atoms with van der Waals surface area (Å²) in [7, 11) is 0. The van der Waals surface area contributed by atoms with Crippen molar-refractivity contribution in [3.05, 3.63) is 16.1 Å². The number of nitrogens with two attached hydrogens (primary N) is 1. The molecule has 1 saturated heterocycles. The number of aromatic nitrogens is 1. The third-order valence-electron chi connectivity index (χ3n) is 3.58. The molecule has 2 rings (SSSR count). The molecule has 1 aliphatic rings. The van der Waals surface area contributed by atoms with Gasteiger partial charge < -0.3 is 10.6 Å². The molecule has 0 saturated carbocycles. The molecule has 6 heteroatoms. The molecule has 21 heavy (non-hydrogen) atoms. The van der Waals surface area contributed by atoms with E-state index < -0.39 is 0 Å². The Kier molecular flexibility index (Phi) is 6.90. The largest absolute Gasteiger partial charge is 0.370 e. The molecule has 1 unspecified atom stereocenters. The van der Waals surface area contributed by atoms with E-state index in [-0.39, 0.29) is 29.4 Å². The van der Waals surface area contributed by atoms with Crippen molar-refractivity contribution in [2.24, 2.45) is 16.6 Å². The highest BCUT2D eigenvalue weighted by atomic mass is 127. The van der Waals surface area contributed by atoms with E-state index in [1.165, 1.54) is 12.8 Å². The second-order valence-corrected chi connectivity index (χ2v) is 7.62. The van der Waals surface area contributed by atoms with Crippen molar-refractivity contribution in [1.29, 1.82) is 0 Å². The van der Waals surface area contributed by atoms with Crippen LogP contribution in [0.2, 0.25) is 0 Å². The van der Waals surface area contributed by atoms with Crippen molar-refractivity contribution in [2.45, 2.75) is 52.5 Å². The Balaban J connectivity index is 0.00000220. The van der Waals surface area contributed by atoms with Crippen molar-refractivity contribution in [1.82, 2.24) is 9.88 Å². The summed E-state index contributed by atoms with van der Waals surface area (Å²) in [6, 6.07) is 0. The fraction of sp³-hybridized carbons (Fsp3) is 0.733. The highest BCUT2D eigenvalue weighted by molar-refractivity contribution is 14.0. The van der Waals surface area contributed by atoms with E-state index in [1.807, 2.05) is 0 Å². The van der Waals surface area contributed by atoms with Crippen LogP contribution in [0, 0.1) is 5.92 Å². The number of halogens is 1. The van der Waals surface area contributed by atoms with E-state index >= 15 is 0 Å². The Morgan fingerprint density at radius 1 is 1.52 bits per heavy atom. The maximum atomic E-state index is 6.10. The molecular weight excluding hydrogens is 395 g/mol. The van der Waals surface area contributed by atoms with Crippen molar-refractivity contribution >= 4 is 41.3 Å². The number of guanidine groups is 1. The van der Waals surface area contributed by atoms with E-state index in [2.05, 4.69) is 48.0 Å². The lowest BCUT2D eigenvalue weighted by Crippen LogP contribution is -2.43. The Morgan fingerprint density at radius 2 is 2.24 bits per heavy atom. The zero-order chi connectivity index (χ0) is 14.8. The van der Waals surface area contributed by atoms with Crippen LogP contribution in [0.4, 0.5) is 0 Å². The first-order valence-electron chi connectivity index (χ1n) is 7.36. The zero-order valence-electron chi connectivity index (χ0n) is 13.4. The van der Waals surface area contributed by atoms with Gasteiger partial charge in [0.1, 0.15) is 0 Å². The van der Waals surface area contributed by atoms with Crippen LogP contribution in [0.1, 0.15) is 51.2 Å². The number of likely N-dealkylation sites (tertiary alicyclic amines) is 1. The number of hydrogen-bond donors (Lipinski definition) is 1. The molecule has 1 aromatic heterocycles. The monoisotopic (exact) mass is 422 g/mol. The first-order chi connectivity index (χ1) is 9.36. The molecule has 0 amide bonds. The summed E-state index contributed by atoms with van der Waals surface area (Å²) in [5.74, 6) is 1.38. The number of thiazole rings is 1. The second-order valence-electron chi connectivity index (χ2n) is 6.76. The van der Waals surface area contributed by atoms with E-state index in [4.69, 9.17) is 5.73 Å². The van der Waals surface area contributed by atoms with E-state index in [0.29, 0.717) is 18.4 Å². The Bertz CT molecular complexity index is 478. The molecule has 2 N–H and O–H groups in total. The molecule has 4 nitrogen and oxygen atoms in total. The SMILES string of the molecule is CC1CCCN(C(N)=NCc2csc(C(C)(C)C)n2)C1.I. The number of nitrogens with zero attached hydrogens (tertiary/aromatic N) is 3. The van der Waals surface area contributed by atoms with E-state index in [1.54, 1.807) is 11.3 Å². The maximum absolute atomic E-state index is 6.10. The summed E-state index contributed by atoms with van der Waals surface area (Å²) in [6.45, 7) is 11.5. The Labute approximate surface area is 149 Å². The average Bonchev–Trinajstić information content (AvgIpc) is 2.84. The van der Waals surface area contributed by atoms with Crippen molar-refractivity contribution in [2.75, 3.05) is 13.1 Å². The summed E-state index contributed by atoms with van der Waals surface area (Å²) < 4.78 is 0. The van der Waals surface area contributed by atoms with Gasteiger partial charge in [-0.2, -0.15) is 0 Å². The lowest BCUT2D eigenvalue weighted by Gasteiger charge is -2.31. The molecule has 2 heterocycles. The molecule has 120 valence electrons. The van der Waals surface area contributed by atoms with E-state index in [9.17, 15) is 0 Å². The summed E-state index contributed by atoms with van der Waals surface area (Å²) in [6.07, 6.45) is 2.51. The topological polar surface area (TPSA) is 54.5 Å². The van der Waals surface area contributed by atoms with Crippen LogP contribution < -0.4 is 5.73 Å². The summed E-state index contributed by atoms with van der Waals surface area (Å²) >= 11 is 1.71. The van der Waals surface area contributed by atoms with Gasteiger partial charge in [-0.1, -0.05) is 27.7 Å². The first-order valence-corrected chi connectivity index (χ1v) is 8.24. The lowest BCUT2D eigenvalue weighted by molar-refractivity contribution is 0.270. The predicted molar refractivity (Wildman–Crippen MR) is 102 cm³/mol. The van der Waals surface area contributed by atoms with E-state index in [0.717, 1.165) is 23.8 Å². The van der Waals surface area contributed by atoms with Crippen LogP contribution in [0.3, 0.4) is 0 Å². The van der Waals surface area contributed by atoms with Gasteiger partial charge in [-0.3, -0.25) is 0 Å². The van der Waals surface area contributed by atoms with Gasteiger partial charge in [0.05, 0.1) is 17.2 Å². The summed E-state index contributed by atoms with van der Waals surface area (Å²) in [5.41, 5.74) is 7.24. The molecule has 1 atom stereocenters. The van der Waals surface area contributed by atoms with Gasteiger partial charge in [0, 0.05) is 23.9 Å². The molecule has 1 fully saturated rings. The number of hydrogen-bond acceptors (Lipinski definition) is 3. The van der Waals surface area contributed by atoms with Gasteiger partial charge in [0.15, 0.2) is 5.96 Å². The van der Waals surface area contributed by atoms with Crippen LogP contribution in [0.15, 0.2) is 10.4 Å². The first kappa shape index (κ1) is 18.7. The van der Waals surface area contributed by atoms with Crippen molar-refractivity contribution in [3.63, 3.8) is 0 Å². The Hall–Kier alpha value is -0.370. The van der Waals surface area contributed by atoms with Crippen molar-refractivity contribution in [3.8, 4) is 0 Å². The van der Waals surface area contributed by atoms with Crippen molar-refractivity contribution < 1.29 is 0 Å². The highest BCUT2D eigenvalue weighted by Gasteiger charge is 2.19. The van der Waals surface area contributed by atoms with Gasteiger partial charge in [0.2, 0.25) is 0 Å². The summed E-state index contributed by atoms with van der Waals surface area (Å²) in [5, 5.41) is 3.25. The lowest BCUT2D eigenvalue weighted by atomic mass is 9.98. The molecular formula is C15H27IN4S. The molecule has 0 aliphatic carbocycles. The second kappa shape index (κ2) is 7.76. The van der Waals surface area contributed by atoms with Gasteiger partial charge in [-0.15, -0.1) is 35.3 Å². The van der Waals surface area contributed by atoms with Gasteiger partial charge >= 0.3 is 0 Å². The quantitative estimate of drug-likeness (QED) is 0.450. The maximum Gasteiger partial charge on any atom is 0.191 e. The third-order valence-corrected chi connectivity index (χ3v) is 4.89. The van der Waals surface area contributed by atoms with Crippen LogP contribution >= 0.6 is 35.3 Å². The highest BCUT2D eigenvalue weighted by Crippen LogP contribution is 2.25. The fourth-order valence-electron chi connectivity index (χ4n) is 2.38. The molecule has 0 spiro atoms. The molecule has 1 aromatic rings. The summed E-state index contributed by atoms with van der Waals surface area (Å²) in [4.78, 5) is 11.4. The average molecular weight is 422 g/mol. The van der Waals surface area contributed by atoms with Crippen LogP contribution in [-0.4, -0.2) is 28.9 Å². The zero-order valence-corrected chi connectivity index (χ0v) is 16.6.